The van der Waals surface area contributed by atoms with Crippen LogP contribution in [0, 0.1) is 0 Å². The highest BCUT2D eigenvalue weighted by atomic mass is 35.5. The summed E-state index contributed by atoms with van der Waals surface area (Å²) in [7, 11) is 1.28. The van der Waals surface area contributed by atoms with Crippen molar-refractivity contribution in [2.45, 2.75) is 12.3 Å². The number of carbonyl (C=O) groups excluding carboxylic acids is 1. The molecule has 1 unspecified atom stereocenters. The third-order valence-electron chi connectivity index (χ3n) is 2.28. The summed E-state index contributed by atoms with van der Waals surface area (Å²) in [5.74, 6) is 0. The third-order valence-corrected chi connectivity index (χ3v) is 2.73. The molecule has 9 heteroatoms. The van der Waals surface area contributed by atoms with E-state index in [0.29, 0.717) is 0 Å². The van der Waals surface area contributed by atoms with E-state index in [1.807, 2.05) is 0 Å². The van der Waals surface area contributed by atoms with Crippen LogP contribution in [-0.2, 0) is 18.0 Å². The molecule has 0 aliphatic carbocycles. The number of rotatable bonds is 1. The molecule has 0 saturated carbocycles. The minimum absolute atomic E-state index is 0.0622. The molecule has 17 heavy (non-hydrogen) atoms. The standard InChI is InChI=1S/C8H7ClF3N3O2/c1-15-6(9)4(3-2-13-7(16)17-3)5(14-15)8(10,11)12/h3H,2H2,1H3,(H,13,16). The van der Waals surface area contributed by atoms with Crippen LogP contribution in [0.4, 0.5) is 18.0 Å². The number of halogens is 4. The highest BCUT2D eigenvalue weighted by molar-refractivity contribution is 6.30. The molecule has 0 radical (unpaired) electrons. The summed E-state index contributed by atoms with van der Waals surface area (Å²) in [6.07, 6.45) is -6.49. The Balaban J connectivity index is 2.48. The average Bonchev–Trinajstić information content (AvgIpc) is 2.72. The van der Waals surface area contributed by atoms with Gasteiger partial charge in [0.25, 0.3) is 0 Å². The number of cyclic esters (lactones) is 1. The van der Waals surface area contributed by atoms with Gasteiger partial charge in [-0.3, -0.25) is 4.68 Å². The third kappa shape index (κ3) is 2.04. The Hall–Kier alpha value is -1.44. The molecule has 1 aromatic heterocycles. The normalized spacial score (nSPS) is 20.3. The Morgan fingerprint density at radius 2 is 2.24 bits per heavy atom. The summed E-state index contributed by atoms with van der Waals surface area (Å²) in [4.78, 5) is 10.8. The Bertz CT molecular complexity index is 471. The van der Waals surface area contributed by atoms with Crippen molar-refractivity contribution in [3.63, 3.8) is 0 Å². The SMILES string of the molecule is Cn1nc(C(F)(F)F)c(C2CNC(=O)O2)c1Cl. The van der Waals surface area contributed by atoms with E-state index in [4.69, 9.17) is 11.6 Å². The fraction of sp³-hybridized carbons (Fsp3) is 0.500. The molecule has 0 spiro atoms. The zero-order valence-corrected chi connectivity index (χ0v) is 9.26. The summed E-state index contributed by atoms with van der Waals surface area (Å²) >= 11 is 5.73. The van der Waals surface area contributed by atoms with Crippen molar-refractivity contribution in [2.75, 3.05) is 6.54 Å². The molecule has 5 nitrogen and oxygen atoms in total. The highest BCUT2D eigenvalue weighted by Gasteiger charge is 2.43. The van der Waals surface area contributed by atoms with Gasteiger partial charge in [0.15, 0.2) is 11.8 Å². The van der Waals surface area contributed by atoms with Crippen LogP contribution in [0.5, 0.6) is 0 Å². The molecular weight excluding hydrogens is 263 g/mol. The van der Waals surface area contributed by atoms with Crippen molar-refractivity contribution < 1.29 is 22.7 Å². The summed E-state index contributed by atoms with van der Waals surface area (Å²) in [5.41, 5.74) is -1.45. The van der Waals surface area contributed by atoms with E-state index in [1.165, 1.54) is 7.05 Å². The van der Waals surface area contributed by atoms with Crippen molar-refractivity contribution in [1.82, 2.24) is 15.1 Å². The van der Waals surface area contributed by atoms with Gasteiger partial charge >= 0.3 is 12.3 Å². The first-order valence-corrected chi connectivity index (χ1v) is 4.92. The Morgan fingerprint density at radius 1 is 1.59 bits per heavy atom. The van der Waals surface area contributed by atoms with Gasteiger partial charge in [-0.25, -0.2) is 4.79 Å². The second-order valence-electron chi connectivity index (χ2n) is 3.45. The molecule has 2 rings (SSSR count). The van der Waals surface area contributed by atoms with Crippen LogP contribution >= 0.6 is 11.6 Å². The highest BCUT2D eigenvalue weighted by Crippen LogP contribution is 2.39. The molecule has 1 saturated heterocycles. The first kappa shape index (κ1) is 12.0. The summed E-state index contributed by atoms with van der Waals surface area (Å²) in [5, 5.41) is 5.36. The molecule has 1 fully saturated rings. The number of alkyl halides is 3. The second-order valence-corrected chi connectivity index (χ2v) is 3.81. The van der Waals surface area contributed by atoms with E-state index < -0.39 is 24.1 Å². The maximum absolute atomic E-state index is 12.7. The Morgan fingerprint density at radius 3 is 2.71 bits per heavy atom. The van der Waals surface area contributed by atoms with E-state index in [0.717, 1.165) is 4.68 Å². The zero-order valence-electron chi connectivity index (χ0n) is 8.51. The topological polar surface area (TPSA) is 56.2 Å². The molecule has 1 aromatic rings. The predicted molar refractivity (Wildman–Crippen MR) is 50.4 cm³/mol. The van der Waals surface area contributed by atoms with Gasteiger partial charge in [-0.05, 0) is 0 Å². The van der Waals surface area contributed by atoms with Gasteiger partial charge < -0.3 is 10.1 Å². The van der Waals surface area contributed by atoms with Crippen molar-refractivity contribution in [3.8, 4) is 0 Å². The van der Waals surface area contributed by atoms with Gasteiger partial charge in [-0.1, -0.05) is 11.6 Å². The molecule has 1 N–H and O–H groups in total. The number of nitrogens with zero attached hydrogens (tertiary/aromatic N) is 2. The largest absolute Gasteiger partial charge is 0.439 e. The van der Waals surface area contributed by atoms with Crippen LogP contribution in [0.2, 0.25) is 5.15 Å². The Labute approximate surface area is 98.5 Å². The minimum atomic E-state index is -4.64. The lowest BCUT2D eigenvalue weighted by atomic mass is 10.1. The molecule has 0 aromatic carbocycles. The van der Waals surface area contributed by atoms with Gasteiger partial charge in [0.1, 0.15) is 5.15 Å². The van der Waals surface area contributed by atoms with E-state index in [-0.39, 0.29) is 17.3 Å². The molecule has 94 valence electrons. The lowest BCUT2D eigenvalue weighted by Crippen LogP contribution is -2.14. The molecule has 1 aliphatic heterocycles. The maximum atomic E-state index is 12.7. The van der Waals surface area contributed by atoms with E-state index in [1.54, 1.807) is 0 Å². The lowest BCUT2D eigenvalue weighted by molar-refractivity contribution is -0.142. The quantitative estimate of drug-likeness (QED) is 0.847. The molecule has 1 amide bonds. The summed E-state index contributed by atoms with van der Waals surface area (Å²) in [6.45, 7) is -0.0622. The number of ether oxygens (including phenoxy) is 1. The van der Waals surface area contributed by atoms with E-state index in [2.05, 4.69) is 15.2 Å². The summed E-state index contributed by atoms with van der Waals surface area (Å²) < 4.78 is 43.7. The van der Waals surface area contributed by atoms with Crippen LogP contribution in [0.15, 0.2) is 0 Å². The summed E-state index contributed by atoms with van der Waals surface area (Å²) in [6, 6.07) is 0. The van der Waals surface area contributed by atoms with Crippen LogP contribution in [0.3, 0.4) is 0 Å². The van der Waals surface area contributed by atoms with Gasteiger partial charge in [0.05, 0.1) is 12.1 Å². The number of nitrogens with one attached hydrogen (secondary N) is 1. The minimum Gasteiger partial charge on any atom is -0.439 e. The van der Waals surface area contributed by atoms with Crippen LogP contribution < -0.4 is 5.32 Å². The number of amides is 1. The predicted octanol–water partition coefficient (Wildman–Crippen LogP) is 1.87. The number of alkyl carbamates (subject to hydrolysis) is 1. The number of carbonyl (C=O) groups is 1. The number of aromatic nitrogens is 2. The van der Waals surface area contributed by atoms with Crippen molar-refractivity contribution in [2.24, 2.45) is 7.05 Å². The van der Waals surface area contributed by atoms with Crippen molar-refractivity contribution in [1.29, 1.82) is 0 Å². The van der Waals surface area contributed by atoms with Crippen LogP contribution in [0.1, 0.15) is 17.4 Å². The van der Waals surface area contributed by atoms with Crippen molar-refractivity contribution >= 4 is 17.7 Å². The fourth-order valence-electron chi connectivity index (χ4n) is 1.56. The number of hydrogen-bond acceptors (Lipinski definition) is 3. The monoisotopic (exact) mass is 269 g/mol. The van der Waals surface area contributed by atoms with Crippen LogP contribution in [-0.4, -0.2) is 22.4 Å². The first-order chi connectivity index (χ1) is 7.80. The smallest absolute Gasteiger partial charge is 0.435 e. The maximum Gasteiger partial charge on any atom is 0.435 e. The zero-order chi connectivity index (χ0) is 12.8. The number of hydrogen-bond donors (Lipinski definition) is 1. The fourth-order valence-corrected chi connectivity index (χ4v) is 1.81. The van der Waals surface area contributed by atoms with Gasteiger partial charge in [0, 0.05) is 7.05 Å². The second kappa shape index (κ2) is 3.80. The van der Waals surface area contributed by atoms with Crippen molar-refractivity contribution in [3.05, 3.63) is 16.4 Å². The molecular formula is C8H7ClF3N3O2. The Kier molecular flexibility index (Phi) is 2.69. The van der Waals surface area contributed by atoms with E-state index >= 15 is 0 Å². The molecule has 2 heterocycles. The molecule has 1 atom stereocenters. The van der Waals surface area contributed by atoms with Gasteiger partial charge in [-0.15, -0.1) is 0 Å². The van der Waals surface area contributed by atoms with Crippen LogP contribution in [0.25, 0.3) is 0 Å². The average molecular weight is 270 g/mol. The van der Waals surface area contributed by atoms with Gasteiger partial charge in [0.2, 0.25) is 0 Å². The van der Waals surface area contributed by atoms with Gasteiger partial charge in [-0.2, -0.15) is 18.3 Å². The number of aryl methyl sites for hydroxylation is 1. The lowest BCUT2D eigenvalue weighted by Gasteiger charge is -2.10. The van der Waals surface area contributed by atoms with E-state index in [9.17, 15) is 18.0 Å². The first-order valence-electron chi connectivity index (χ1n) is 4.54. The molecule has 0 bridgehead atoms. The molecule has 1 aliphatic rings.